The van der Waals surface area contributed by atoms with Crippen molar-refractivity contribution in [2.24, 2.45) is 0 Å². The summed E-state index contributed by atoms with van der Waals surface area (Å²) in [6.07, 6.45) is 5.17. The van der Waals surface area contributed by atoms with Gasteiger partial charge in [0.2, 0.25) is 0 Å². The average molecular weight is 228 g/mol. The number of hydrogen-bond acceptors (Lipinski definition) is 1. The Bertz CT molecular complexity index is 466. The van der Waals surface area contributed by atoms with Crippen molar-refractivity contribution in [1.29, 1.82) is 0 Å². The minimum atomic E-state index is 0.585. The van der Waals surface area contributed by atoms with Crippen LogP contribution in [-0.4, -0.2) is 9.55 Å². The molecule has 90 valence electrons. The lowest BCUT2D eigenvalue weighted by molar-refractivity contribution is 0.678. The molecule has 0 N–H and O–H groups in total. The molecule has 0 amide bonds. The third-order valence-electron chi connectivity index (χ3n) is 2.99. The fourth-order valence-corrected chi connectivity index (χ4v) is 1.93. The van der Waals surface area contributed by atoms with E-state index in [1.54, 1.807) is 0 Å². The van der Waals surface area contributed by atoms with E-state index in [0.29, 0.717) is 5.92 Å². The van der Waals surface area contributed by atoms with Crippen molar-refractivity contribution in [1.82, 2.24) is 9.55 Å². The van der Waals surface area contributed by atoms with Crippen molar-refractivity contribution in [2.75, 3.05) is 0 Å². The molecule has 1 aromatic carbocycles. The van der Waals surface area contributed by atoms with Crippen LogP contribution in [0.1, 0.15) is 38.7 Å². The Balaban J connectivity index is 2.21. The van der Waals surface area contributed by atoms with Crippen LogP contribution in [0.15, 0.2) is 36.8 Å². The fourth-order valence-electron chi connectivity index (χ4n) is 1.93. The lowest BCUT2D eigenvalue weighted by Gasteiger charge is -2.05. The van der Waals surface area contributed by atoms with Crippen LogP contribution in [0.4, 0.5) is 0 Å². The lowest BCUT2D eigenvalue weighted by atomic mass is 10.0. The quantitative estimate of drug-likeness (QED) is 0.771. The predicted molar refractivity (Wildman–Crippen MR) is 72.0 cm³/mol. The Labute approximate surface area is 103 Å². The first-order chi connectivity index (χ1) is 8.20. The first-order valence-corrected chi connectivity index (χ1v) is 6.32. The molecule has 0 aliphatic heterocycles. The SMILES string of the molecule is CCCn1cnc(-c2ccc(C(C)C)cc2)c1. The van der Waals surface area contributed by atoms with Crippen molar-refractivity contribution in [3.05, 3.63) is 42.4 Å². The van der Waals surface area contributed by atoms with Crippen molar-refractivity contribution < 1.29 is 0 Å². The minimum absolute atomic E-state index is 0.585. The second kappa shape index (κ2) is 5.17. The van der Waals surface area contributed by atoms with Gasteiger partial charge >= 0.3 is 0 Å². The van der Waals surface area contributed by atoms with Gasteiger partial charge in [-0.2, -0.15) is 0 Å². The largest absolute Gasteiger partial charge is 0.337 e. The molecule has 0 atom stereocenters. The summed E-state index contributed by atoms with van der Waals surface area (Å²) in [6.45, 7) is 7.64. The zero-order chi connectivity index (χ0) is 12.3. The van der Waals surface area contributed by atoms with Crippen LogP contribution < -0.4 is 0 Å². The number of aryl methyl sites for hydroxylation is 1. The molecule has 2 aromatic rings. The van der Waals surface area contributed by atoms with Gasteiger partial charge in [0, 0.05) is 18.3 Å². The second-order valence-corrected chi connectivity index (χ2v) is 4.77. The van der Waals surface area contributed by atoms with E-state index in [4.69, 9.17) is 0 Å². The molecule has 0 bridgehead atoms. The van der Waals surface area contributed by atoms with Gasteiger partial charge in [-0.1, -0.05) is 45.0 Å². The molecule has 1 aromatic heterocycles. The second-order valence-electron chi connectivity index (χ2n) is 4.77. The predicted octanol–water partition coefficient (Wildman–Crippen LogP) is 4.08. The molecule has 0 aliphatic carbocycles. The summed E-state index contributed by atoms with van der Waals surface area (Å²) in [7, 11) is 0. The highest BCUT2D eigenvalue weighted by molar-refractivity contribution is 5.58. The zero-order valence-corrected chi connectivity index (χ0v) is 10.9. The van der Waals surface area contributed by atoms with E-state index in [-0.39, 0.29) is 0 Å². The Hall–Kier alpha value is -1.57. The third-order valence-corrected chi connectivity index (χ3v) is 2.99. The molecule has 1 heterocycles. The van der Waals surface area contributed by atoms with E-state index in [0.717, 1.165) is 18.7 Å². The molecule has 0 spiro atoms. The van der Waals surface area contributed by atoms with E-state index >= 15 is 0 Å². The van der Waals surface area contributed by atoms with Crippen LogP contribution in [0.2, 0.25) is 0 Å². The van der Waals surface area contributed by atoms with Crippen molar-refractivity contribution in [3.63, 3.8) is 0 Å². The molecule has 2 heteroatoms. The van der Waals surface area contributed by atoms with Crippen LogP contribution in [0.5, 0.6) is 0 Å². The summed E-state index contributed by atoms with van der Waals surface area (Å²) in [5.74, 6) is 0.585. The van der Waals surface area contributed by atoms with Crippen LogP contribution >= 0.6 is 0 Å². The van der Waals surface area contributed by atoms with Crippen LogP contribution in [0.3, 0.4) is 0 Å². The Morgan fingerprint density at radius 3 is 2.47 bits per heavy atom. The van der Waals surface area contributed by atoms with Gasteiger partial charge in [0.05, 0.1) is 12.0 Å². The van der Waals surface area contributed by atoms with Gasteiger partial charge in [0.15, 0.2) is 0 Å². The summed E-state index contributed by atoms with van der Waals surface area (Å²) in [4.78, 5) is 4.44. The molecule has 0 saturated heterocycles. The number of aromatic nitrogens is 2. The van der Waals surface area contributed by atoms with E-state index in [9.17, 15) is 0 Å². The maximum absolute atomic E-state index is 4.44. The summed E-state index contributed by atoms with van der Waals surface area (Å²) < 4.78 is 2.14. The minimum Gasteiger partial charge on any atom is -0.337 e. The molecule has 0 unspecified atom stereocenters. The normalized spacial score (nSPS) is 11.1. The number of rotatable bonds is 4. The van der Waals surface area contributed by atoms with Gasteiger partial charge in [0.1, 0.15) is 0 Å². The van der Waals surface area contributed by atoms with E-state index in [1.165, 1.54) is 11.1 Å². The molecule has 0 saturated carbocycles. The van der Waals surface area contributed by atoms with E-state index in [1.807, 2.05) is 6.33 Å². The summed E-state index contributed by atoms with van der Waals surface area (Å²) in [5, 5.41) is 0. The van der Waals surface area contributed by atoms with Crippen molar-refractivity contribution >= 4 is 0 Å². The van der Waals surface area contributed by atoms with Crippen molar-refractivity contribution in [3.8, 4) is 11.3 Å². The van der Waals surface area contributed by atoms with E-state index in [2.05, 4.69) is 60.8 Å². The van der Waals surface area contributed by atoms with Crippen molar-refractivity contribution in [2.45, 2.75) is 39.7 Å². The Kier molecular flexibility index (Phi) is 3.62. The number of benzene rings is 1. The maximum Gasteiger partial charge on any atom is 0.0953 e. The van der Waals surface area contributed by atoms with Crippen LogP contribution in [-0.2, 0) is 6.54 Å². The van der Waals surface area contributed by atoms with Gasteiger partial charge in [-0.25, -0.2) is 4.98 Å². The standard InChI is InChI=1S/C15H20N2/c1-4-9-17-10-15(16-11-17)14-7-5-13(6-8-14)12(2)3/h5-8,10-12H,4,9H2,1-3H3. The monoisotopic (exact) mass is 228 g/mol. The number of imidazole rings is 1. The van der Waals surface area contributed by atoms with Gasteiger partial charge in [-0.15, -0.1) is 0 Å². The zero-order valence-electron chi connectivity index (χ0n) is 10.9. The fraction of sp³-hybridized carbons (Fsp3) is 0.400. The first kappa shape index (κ1) is 11.9. The lowest BCUT2D eigenvalue weighted by Crippen LogP contribution is -1.90. The van der Waals surface area contributed by atoms with Crippen LogP contribution in [0.25, 0.3) is 11.3 Å². The highest BCUT2D eigenvalue weighted by Crippen LogP contribution is 2.21. The summed E-state index contributed by atoms with van der Waals surface area (Å²) in [5.41, 5.74) is 3.64. The number of hydrogen-bond donors (Lipinski definition) is 0. The smallest absolute Gasteiger partial charge is 0.0953 e. The molecular formula is C15H20N2. The highest BCUT2D eigenvalue weighted by Gasteiger charge is 2.03. The molecular weight excluding hydrogens is 208 g/mol. The molecule has 17 heavy (non-hydrogen) atoms. The topological polar surface area (TPSA) is 17.8 Å². The molecule has 0 aliphatic rings. The van der Waals surface area contributed by atoms with Crippen LogP contribution in [0, 0.1) is 0 Å². The summed E-state index contributed by atoms with van der Waals surface area (Å²) in [6, 6.07) is 8.71. The molecule has 0 fully saturated rings. The molecule has 2 rings (SSSR count). The van der Waals surface area contributed by atoms with Gasteiger partial charge < -0.3 is 4.57 Å². The molecule has 2 nitrogen and oxygen atoms in total. The Morgan fingerprint density at radius 2 is 1.88 bits per heavy atom. The first-order valence-electron chi connectivity index (χ1n) is 6.32. The molecule has 0 radical (unpaired) electrons. The van der Waals surface area contributed by atoms with Gasteiger partial charge in [-0.05, 0) is 17.9 Å². The summed E-state index contributed by atoms with van der Waals surface area (Å²) >= 11 is 0. The van der Waals surface area contributed by atoms with E-state index < -0.39 is 0 Å². The van der Waals surface area contributed by atoms with Gasteiger partial charge in [0.25, 0.3) is 0 Å². The Morgan fingerprint density at radius 1 is 1.18 bits per heavy atom. The third kappa shape index (κ3) is 2.76. The number of nitrogens with zero attached hydrogens (tertiary/aromatic N) is 2. The maximum atomic E-state index is 4.44. The van der Waals surface area contributed by atoms with Gasteiger partial charge in [-0.3, -0.25) is 0 Å². The average Bonchev–Trinajstić information content (AvgIpc) is 2.78. The highest BCUT2D eigenvalue weighted by atomic mass is 15.0.